The molecule has 2 amide bonds. The zero-order chi connectivity index (χ0) is 17.9. The molecular weight excluding hydrogens is 351 g/mol. The Morgan fingerprint density at radius 2 is 1.88 bits per heavy atom. The monoisotopic (exact) mass is 366 g/mol. The maximum absolute atomic E-state index is 12.4. The van der Waals surface area contributed by atoms with Crippen LogP contribution in [0.4, 0.5) is 5.69 Å². The first-order valence-corrected chi connectivity index (χ1v) is 7.90. The summed E-state index contributed by atoms with van der Waals surface area (Å²) in [5.74, 6) is -0.958. The summed E-state index contributed by atoms with van der Waals surface area (Å²) in [7, 11) is 0. The van der Waals surface area contributed by atoms with Crippen LogP contribution in [0.5, 0.6) is 5.75 Å². The predicted molar refractivity (Wildman–Crippen MR) is 94.8 cm³/mol. The summed E-state index contributed by atoms with van der Waals surface area (Å²) >= 11 is 12.1. The smallest absolute Gasteiger partial charge is 0.255 e. The average molecular weight is 367 g/mol. The van der Waals surface area contributed by atoms with Crippen LogP contribution in [-0.4, -0.2) is 16.9 Å². The number of phenols is 1. The van der Waals surface area contributed by atoms with Crippen molar-refractivity contribution in [2.24, 2.45) is 0 Å². The summed E-state index contributed by atoms with van der Waals surface area (Å²) in [6.07, 6.45) is 0. The molecule has 3 N–H and O–H groups in total. The lowest BCUT2D eigenvalue weighted by Crippen LogP contribution is -2.27. The SMILES string of the molecule is CC(=O)Nc1ccc(O)c(C(=O)NC(C)c2cccc(Cl)c2Cl)c1. The van der Waals surface area contributed by atoms with Crippen LogP contribution in [-0.2, 0) is 4.79 Å². The summed E-state index contributed by atoms with van der Waals surface area (Å²) < 4.78 is 0. The van der Waals surface area contributed by atoms with Crippen LogP contribution < -0.4 is 10.6 Å². The van der Waals surface area contributed by atoms with Crippen molar-refractivity contribution in [3.63, 3.8) is 0 Å². The van der Waals surface area contributed by atoms with Gasteiger partial charge in [-0.25, -0.2) is 0 Å². The Morgan fingerprint density at radius 3 is 2.54 bits per heavy atom. The first kappa shape index (κ1) is 18.1. The molecule has 0 spiro atoms. The van der Waals surface area contributed by atoms with Crippen molar-refractivity contribution in [2.45, 2.75) is 19.9 Å². The molecule has 0 aliphatic heterocycles. The number of nitrogens with one attached hydrogen (secondary N) is 2. The molecule has 2 rings (SSSR count). The maximum Gasteiger partial charge on any atom is 0.255 e. The number of phenolic OH excluding ortho intramolecular Hbond substituents is 1. The van der Waals surface area contributed by atoms with Crippen LogP contribution in [0.15, 0.2) is 36.4 Å². The van der Waals surface area contributed by atoms with E-state index >= 15 is 0 Å². The molecule has 0 heterocycles. The van der Waals surface area contributed by atoms with Crippen molar-refractivity contribution in [3.8, 4) is 5.75 Å². The van der Waals surface area contributed by atoms with E-state index in [0.717, 1.165) is 0 Å². The van der Waals surface area contributed by atoms with Crippen molar-refractivity contribution in [3.05, 3.63) is 57.6 Å². The maximum atomic E-state index is 12.4. The van der Waals surface area contributed by atoms with E-state index in [1.807, 2.05) is 0 Å². The molecule has 1 unspecified atom stereocenters. The Labute approximate surface area is 149 Å². The zero-order valence-electron chi connectivity index (χ0n) is 13.1. The highest BCUT2D eigenvalue weighted by molar-refractivity contribution is 6.42. The Balaban J connectivity index is 2.23. The molecule has 126 valence electrons. The van der Waals surface area contributed by atoms with Gasteiger partial charge in [0, 0.05) is 12.6 Å². The predicted octanol–water partition coefficient (Wildman–Crippen LogP) is 4.15. The van der Waals surface area contributed by atoms with Crippen molar-refractivity contribution >= 4 is 40.7 Å². The van der Waals surface area contributed by atoms with E-state index in [1.165, 1.54) is 25.1 Å². The molecule has 7 heteroatoms. The average Bonchev–Trinajstić information content (AvgIpc) is 2.51. The summed E-state index contributed by atoms with van der Waals surface area (Å²) in [4.78, 5) is 23.5. The van der Waals surface area contributed by atoms with Crippen LogP contribution in [0, 0.1) is 0 Å². The number of hydrogen-bond acceptors (Lipinski definition) is 3. The zero-order valence-corrected chi connectivity index (χ0v) is 14.6. The lowest BCUT2D eigenvalue weighted by molar-refractivity contribution is -0.114. The molecular formula is C17H16Cl2N2O3. The molecule has 5 nitrogen and oxygen atoms in total. The molecule has 2 aromatic carbocycles. The van der Waals surface area contributed by atoms with Gasteiger partial charge in [-0.3, -0.25) is 9.59 Å². The number of anilines is 1. The van der Waals surface area contributed by atoms with Gasteiger partial charge in [0.15, 0.2) is 0 Å². The van der Waals surface area contributed by atoms with Crippen LogP contribution in [0.25, 0.3) is 0 Å². The van der Waals surface area contributed by atoms with E-state index in [2.05, 4.69) is 10.6 Å². The second-order valence-electron chi connectivity index (χ2n) is 5.25. The molecule has 2 aromatic rings. The normalized spacial score (nSPS) is 11.7. The third kappa shape index (κ3) is 4.19. The molecule has 0 fully saturated rings. The molecule has 0 aromatic heterocycles. The van der Waals surface area contributed by atoms with Crippen molar-refractivity contribution in [1.29, 1.82) is 0 Å². The highest BCUT2D eigenvalue weighted by Gasteiger charge is 2.18. The fourth-order valence-electron chi connectivity index (χ4n) is 2.21. The molecule has 0 aliphatic rings. The number of aromatic hydroxyl groups is 1. The Kier molecular flexibility index (Phi) is 5.70. The second kappa shape index (κ2) is 7.55. The molecule has 24 heavy (non-hydrogen) atoms. The number of carbonyl (C=O) groups is 2. The van der Waals surface area contributed by atoms with E-state index in [0.29, 0.717) is 21.3 Å². The number of amides is 2. The van der Waals surface area contributed by atoms with E-state index in [-0.39, 0.29) is 17.2 Å². The minimum absolute atomic E-state index is 0.0475. The van der Waals surface area contributed by atoms with Crippen LogP contribution in [0.3, 0.4) is 0 Å². The highest BCUT2D eigenvalue weighted by Crippen LogP contribution is 2.30. The van der Waals surface area contributed by atoms with E-state index in [1.54, 1.807) is 25.1 Å². The number of benzene rings is 2. The lowest BCUT2D eigenvalue weighted by atomic mass is 10.1. The van der Waals surface area contributed by atoms with Crippen LogP contribution in [0.2, 0.25) is 10.0 Å². The summed E-state index contributed by atoms with van der Waals surface area (Å²) in [5, 5.41) is 16.0. The lowest BCUT2D eigenvalue weighted by Gasteiger charge is -2.17. The second-order valence-corrected chi connectivity index (χ2v) is 6.04. The molecule has 0 radical (unpaired) electrons. The first-order chi connectivity index (χ1) is 11.3. The van der Waals surface area contributed by atoms with Gasteiger partial charge < -0.3 is 15.7 Å². The largest absolute Gasteiger partial charge is 0.507 e. The fraction of sp³-hybridized carbons (Fsp3) is 0.176. The third-order valence-electron chi connectivity index (χ3n) is 3.36. The van der Waals surface area contributed by atoms with E-state index < -0.39 is 11.9 Å². The van der Waals surface area contributed by atoms with Crippen LogP contribution >= 0.6 is 23.2 Å². The van der Waals surface area contributed by atoms with Gasteiger partial charge in [-0.1, -0.05) is 35.3 Å². The summed E-state index contributed by atoms with van der Waals surface area (Å²) in [6, 6.07) is 8.98. The molecule has 0 saturated carbocycles. The molecule has 1 atom stereocenters. The van der Waals surface area contributed by atoms with Crippen LogP contribution in [0.1, 0.15) is 35.8 Å². The minimum Gasteiger partial charge on any atom is -0.507 e. The quantitative estimate of drug-likeness (QED) is 0.711. The fourth-order valence-corrected chi connectivity index (χ4v) is 2.68. The Hall–Kier alpha value is -2.24. The topological polar surface area (TPSA) is 78.4 Å². The van der Waals surface area contributed by atoms with E-state index in [9.17, 15) is 14.7 Å². The first-order valence-electron chi connectivity index (χ1n) is 7.15. The number of carbonyl (C=O) groups excluding carboxylic acids is 2. The standard InChI is InChI=1S/C17H16Cl2N2O3/c1-9(12-4-3-5-14(18)16(12)19)20-17(24)13-8-11(21-10(2)22)6-7-15(13)23/h3-9,23H,1-2H3,(H,20,24)(H,21,22). The molecule has 0 aliphatic carbocycles. The van der Waals surface area contributed by atoms with Crippen molar-refractivity contribution in [1.82, 2.24) is 5.32 Å². The Morgan fingerprint density at radius 1 is 1.17 bits per heavy atom. The van der Waals surface area contributed by atoms with Gasteiger partial charge >= 0.3 is 0 Å². The third-order valence-corrected chi connectivity index (χ3v) is 4.19. The van der Waals surface area contributed by atoms with Gasteiger partial charge in [-0.15, -0.1) is 0 Å². The number of rotatable bonds is 4. The molecule has 0 bridgehead atoms. The number of hydrogen-bond donors (Lipinski definition) is 3. The van der Waals surface area contributed by atoms with Crippen molar-refractivity contribution in [2.75, 3.05) is 5.32 Å². The van der Waals surface area contributed by atoms with Crippen molar-refractivity contribution < 1.29 is 14.7 Å². The number of halogens is 2. The van der Waals surface area contributed by atoms with Gasteiger partial charge in [0.25, 0.3) is 5.91 Å². The van der Waals surface area contributed by atoms with Gasteiger partial charge in [0.05, 0.1) is 21.7 Å². The van der Waals surface area contributed by atoms with E-state index in [4.69, 9.17) is 23.2 Å². The summed E-state index contributed by atoms with van der Waals surface area (Å²) in [5.41, 5.74) is 1.13. The van der Waals surface area contributed by atoms with Gasteiger partial charge in [0.2, 0.25) is 5.91 Å². The highest BCUT2D eigenvalue weighted by atomic mass is 35.5. The van der Waals surface area contributed by atoms with Gasteiger partial charge in [-0.05, 0) is 36.8 Å². The summed E-state index contributed by atoms with van der Waals surface area (Å²) in [6.45, 7) is 3.11. The molecule has 0 saturated heterocycles. The minimum atomic E-state index is -0.497. The van der Waals surface area contributed by atoms with Gasteiger partial charge in [0.1, 0.15) is 5.75 Å². The van der Waals surface area contributed by atoms with Gasteiger partial charge in [-0.2, -0.15) is 0 Å². The Bertz CT molecular complexity index is 793.